The van der Waals surface area contributed by atoms with E-state index in [1.165, 1.54) is 6.92 Å². The van der Waals surface area contributed by atoms with E-state index in [1.54, 1.807) is 0 Å². The van der Waals surface area contributed by atoms with E-state index in [2.05, 4.69) is 17.2 Å². The number of carbonyl (C=O) groups is 4. The van der Waals surface area contributed by atoms with Gasteiger partial charge in [-0.15, -0.1) is 0 Å². The molecule has 1 rings (SSSR count). The van der Waals surface area contributed by atoms with Crippen molar-refractivity contribution in [1.29, 1.82) is 0 Å². The molecule has 0 atom stereocenters. The zero-order valence-electron chi connectivity index (χ0n) is 18.9. The first-order valence-electron chi connectivity index (χ1n) is 10.7. The van der Waals surface area contributed by atoms with Crippen molar-refractivity contribution in [2.24, 2.45) is 0 Å². The molecular weight excluding hydrogens is 432 g/mol. The van der Waals surface area contributed by atoms with E-state index in [0.717, 1.165) is 17.2 Å². The fourth-order valence-corrected chi connectivity index (χ4v) is 2.49. The van der Waals surface area contributed by atoms with Gasteiger partial charge in [0, 0.05) is 26.1 Å². The van der Waals surface area contributed by atoms with Gasteiger partial charge in [0.15, 0.2) is 0 Å². The molecule has 2 amide bonds. The molecular formula is C23H32N2O8. The quantitative estimate of drug-likeness (QED) is 0.175. The molecule has 0 radical (unpaired) electrons. The maximum atomic E-state index is 11.8. The monoisotopic (exact) mass is 464 g/mol. The summed E-state index contributed by atoms with van der Waals surface area (Å²) in [7, 11) is 0. The number of esters is 2. The summed E-state index contributed by atoms with van der Waals surface area (Å²) in [5.41, 5.74) is 1.70. The van der Waals surface area contributed by atoms with Crippen molar-refractivity contribution in [2.45, 2.75) is 45.7 Å². The lowest BCUT2D eigenvalue weighted by Crippen LogP contribution is -2.25. The standard InChI is InChI=1S/C23H32N2O8/c1-3-21(27)31-12-5-7-14-33-23(29)25-17-20-10-8-9-19(15-20)16-24-22(28)32-13-6-4-11-30-18(2)26/h3,8-10,15H,1,4-7,11-14,16-17H2,2H3,(H,24,28)(H,25,29). The maximum Gasteiger partial charge on any atom is 0.407 e. The summed E-state index contributed by atoms with van der Waals surface area (Å²) in [5.74, 6) is -0.806. The normalized spacial score (nSPS) is 9.97. The largest absolute Gasteiger partial charge is 0.466 e. The molecule has 0 saturated heterocycles. The highest BCUT2D eigenvalue weighted by Gasteiger charge is 2.05. The van der Waals surface area contributed by atoms with Crippen LogP contribution in [0.2, 0.25) is 0 Å². The molecule has 0 saturated carbocycles. The molecule has 0 unspecified atom stereocenters. The van der Waals surface area contributed by atoms with E-state index in [4.69, 9.17) is 18.9 Å². The van der Waals surface area contributed by atoms with Crippen molar-refractivity contribution in [3.8, 4) is 0 Å². The number of rotatable bonds is 15. The van der Waals surface area contributed by atoms with Crippen molar-refractivity contribution >= 4 is 24.1 Å². The number of carbonyl (C=O) groups excluding carboxylic acids is 4. The van der Waals surface area contributed by atoms with Gasteiger partial charge in [-0.05, 0) is 36.8 Å². The Labute approximate surface area is 193 Å². The van der Waals surface area contributed by atoms with E-state index < -0.39 is 18.2 Å². The van der Waals surface area contributed by atoms with Gasteiger partial charge in [0.25, 0.3) is 0 Å². The zero-order valence-corrected chi connectivity index (χ0v) is 18.9. The van der Waals surface area contributed by atoms with Crippen LogP contribution in [0.15, 0.2) is 36.9 Å². The van der Waals surface area contributed by atoms with Gasteiger partial charge in [0.05, 0.1) is 26.4 Å². The Bertz CT molecular complexity index is 781. The minimum absolute atomic E-state index is 0.216. The highest BCUT2D eigenvalue weighted by atomic mass is 16.6. The molecule has 0 aliphatic rings. The smallest absolute Gasteiger partial charge is 0.407 e. The van der Waals surface area contributed by atoms with Crippen LogP contribution in [0.4, 0.5) is 9.59 Å². The molecule has 0 aliphatic heterocycles. The Morgan fingerprint density at radius 1 is 0.788 bits per heavy atom. The Kier molecular flexibility index (Phi) is 14.2. The molecule has 1 aromatic carbocycles. The molecule has 182 valence electrons. The zero-order chi connectivity index (χ0) is 24.3. The third kappa shape index (κ3) is 15.0. The van der Waals surface area contributed by atoms with E-state index >= 15 is 0 Å². The second kappa shape index (κ2) is 17.0. The fraction of sp³-hybridized carbons (Fsp3) is 0.478. The number of unbranched alkanes of at least 4 members (excludes halogenated alkanes) is 2. The first-order valence-corrected chi connectivity index (χ1v) is 10.7. The van der Waals surface area contributed by atoms with Gasteiger partial charge in [-0.3, -0.25) is 4.79 Å². The number of nitrogens with one attached hydrogen (secondary N) is 2. The van der Waals surface area contributed by atoms with E-state index in [0.29, 0.717) is 32.3 Å². The van der Waals surface area contributed by atoms with Crippen LogP contribution in [-0.4, -0.2) is 50.6 Å². The van der Waals surface area contributed by atoms with Crippen LogP contribution in [0.5, 0.6) is 0 Å². The van der Waals surface area contributed by atoms with Crippen LogP contribution in [0.25, 0.3) is 0 Å². The third-order valence-corrected chi connectivity index (χ3v) is 4.13. The van der Waals surface area contributed by atoms with Gasteiger partial charge in [-0.25, -0.2) is 14.4 Å². The molecule has 10 nitrogen and oxygen atoms in total. The summed E-state index contributed by atoms with van der Waals surface area (Å²) in [6.07, 6.45) is 2.39. The van der Waals surface area contributed by atoms with Gasteiger partial charge in [-0.1, -0.05) is 30.8 Å². The van der Waals surface area contributed by atoms with Gasteiger partial charge >= 0.3 is 24.1 Å². The maximum absolute atomic E-state index is 11.8. The summed E-state index contributed by atoms with van der Waals surface area (Å²) < 4.78 is 19.8. The van der Waals surface area contributed by atoms with Gasteiger partial charge in [0.2, 0.25) is 0 Å². The Balaban J connectivity index is 2.17. The summed E-state index contributed by atoms with van der Waals surface area (Å²) in [5, 5.41) is 5.32. The average Bonchev–Trinajstić information content (AvgIpc) is 2.80. The van der Waals surface area contributed by atoms with Gasteiger partial charge < -0.3 is 29.6 Å². The molecule has 10 heteroatoms. The molecule has 0 bridgehead atoms. The number of amides is 2. The highest BCUT2D eigenvalue weighted by Crippen LogP contribution is 2.06. The van der Waals surface area contributed by atoms with E-state index in [1.807, 2.05) is 24.3 Å². The van der Waals surface area contributed by atoms with Crippen molar-refractivity contribution in [2.75, 3.05) is 26.4 Å². The average molecular weight is 465 g/mol. The Morgan fingerprint density at radius 3 is 1.70 bits per heavy atom. The number of hydrogen-bond acceptors (Lipinski definition) is 8. The van der Waals surface area contributed by atoms with Crippen molar-refractivity contribution in [1.82, 2.24) is 10.6 Å². The fourth-order valence-electron chi connectivity index (χ4n) is 2.49. The van der Waals surface area contributed by atoms with Crippen LogP contribution in [0.1, 0.15) is 43.7 Å². The first kappa shape index (κ1) is 27.5. The molecule has 0 heterocycles. The molecule has 0 fully saturated rings. The second-order valence-electron chi connectivity index (χ2n) is 6.92. The number of hydrogen-bond donors (Lipinski definition) is 2. The van der Waals surface area contributed by atoms with Crippen molar-refractivity contribution in [3.05, 3.63) is 48.0 Å². The molecule has 0 aromatic heterocycles. The minimum atomic E-state index is -0.543. The van der Waals surface area contributed by atoms with Crippen LogP contribution < -0.4 is 10.6 Å². The van der Waals surface area contributed by atoms with Gasteiger partial charge in [-0.2, -0.15) is 0 Å². The summed E-state index contributed by atoms with van der Waals surface area (Å²) in [4.78, 5) is 45.1. The predicted octanol–water partition coefficient (Wildman–Crippen LogP) is 2.99. The molecule has 33 heavy (non-hydrogen) atoms. The van der Waals surface area contributed by atoms with Crippen LogP contribution in [-0.2, 0) is 41.6 Å². The Hall–Kier alpha value is -3.56. The highest BCUT2D eigenvalue weighted by molar-refractivity contribution is 5.81. The van der Waals surface area contributed by atoms with Crippen LogP contribution in [0.3, 0.4) is 0 Å². The number of benzene rings is 1. The lowest BCUT2D eigenvalue weighted by molar-refractivity contribution is -0.141. The predicted molar refractivity (Wildman–Crippen MR) is 119 cm³/mol. The summed E-state index contributed by atoms with van der Waals surface area (Å²) in [6.45, 7) is 6.21. The molecule has 2 N–H and O–H groups in total. The Morgan fingerprint density at radius 2 is 1.24 bits per heavy atom. The first-order chi connectivity index (χ1) is 15.9. The third-order valence-electron chi connectivity index (χ3n) is 4.13. The van der Waals surface area contributed by atoms with E-state index in [-0.39, 0.29) is 38.9 Å². The van der Waals surface area contributed by atoms with Crippen molar-refractivity contribution < 1.29 is 38.1 Å². The lowest BCUT2D eigenvalue weighted by atomic mass is 10.1. The van der Waals surface area contributed by atoms with Crippen molar-refractivity contribution in [3.63, 3.8) is 0 Å². The number of ether oxygens (including phenoxy) is 4. The SMILES string of the molecule is C=CC(=O)OCCCCOC(=O)NCc1cccc(CNC(=O)OCCCCOC(C)=O)c1. The molecule has 0 spiro atoms. The number of alkyl carbamates (subject to hydrolysis) is 2. The topological polar surface area (TPSA) is 129 Å². The summed E-state index contributed by atoms with van der Waals surface area (Å²) >= 11 is 0. The van der Waals surface area contributed by atoms with Crippen LogP contribution >= 0.6 is 0 Å². The van der Waals surface area contributed by atoms with Crippen LogP contribution in [0, 0.1) is 0 Å². The van der Waals surface area contributed by atoms with E-state index in [9.17, 15) is 19.2 Å². The molecule has 1 aromatic rings. The minimum Gasteiger partial charge on any atom is -0.466 e. The summed E-state index contributed by atoms with van der Waals surface area (Å²) in [6, 6.07) is 7.37. The molecule has 0 aliphatic carbocycles. The lowest BCUT2D eigenvalue weighted by Gasteiger charge is -2.10. The van der Waals surface area contributed by atoms with Gasteiger partial charge in [0.1, 0.15) is 0 Å². The second-order valence-corrected chi connectivity index (χ2v) is 6.92.